The predicted molar refractivity (Wildman–Crippen MR) is 72.3 cm³/mol. The van der Waals surface area contributed by atoms with Gasteiger partial charge in [-0.1, -0.05) is 23.7 Å². The van der Waals surface area contributed by atoms with Crippen molar-refractivity contribution >= 4 is 11.6 Å². The molecule has 0 amide bonds. The Morgan fingerprint density at radius 2 is 2.12 bits per heavy atom. The first-order valence-electron chi connectivity index (χ1n) is 5.91. The number of halogens is 1. The lowest BCUT2D eigenvalue weighted by molar-refractivity contribution is 0.650. The monoisotopic (exact) mass is 248 g/mol. The van der Waals surface area contributed by atoms with Gasteiger partial charge in [0.25, 0.3) is 0 Å². The van der Waals surface area contributed by atoms with E-state index in [9.17, 15) is 0 Å². The van der Waals surface area contributed by atoms with Crippen molar-refractivity contribution in [1.29, 1.82) is 0 Å². The maximum Gasteiger partial charge on any atom is 0.0408 e. The summed E-state index contributed by atoms with van der Waals surface area (Å²) in [6.45, 7) is 1.96. The van der Waals surface area contributed by atoms with Crippen LogP contribution in [0, 0.1) is 0 Å². The molecular weight excluding hydrogens is 232 g/mol. The van der Waals surface area contributed by atoms with Crippen LogP contribution in [0.15, 0.2) is 42.7 Å². The van der Waals surface area contributed by atoms with Gasteiger partial charge in [0.1, 0.15) is 0 Å². The lowest BCUT2D eigenvalue weighted by Crippen LogP contribution is -2.14. The molecule has 2 nitrogen and oxygen atoms in total. The Balaban J connectivity index is 1.63. The van der Waals surface area contributed by atoms with Crippen LogP contribution in [0.4, 0.5) is 0 Å². The molecule has 0 fully saturated rings. The van der Waals surface area contributed by atoms with Crippen LogP contribution in [0.5, 0.6) is 0 Å². The molecular formula is C14H17ClN2. The number of nitrogens with one attached hydrogen (secondary N) is 2. The zero-order chi connectivity index (χ0) is 11.9. The summed E-state index contributed by atoms with van der Waals surface area (Å²) in [6, 6.07) is 10.2. The van der Waals surface area contributed by atoms with Crippen molar-refractivity contribution in [3.63, 3.8) is 0 Å². The molecule has 0 aliphatic heterocycles. The van der Waals surface area contributed by atoms with E-state index in [1.807, 2.05) is 30.6 Å². The summed E-state index contributed by atoms with van der Waals surface area (Å²) >= 11 is 5.93. The minimum Gasteiger partial charge on any atom is -0.367 e. The second kappa shape index (κ2) is 6.48. The van der Waals surface area contributed by atoms with E-state index in [2.05, 4.69) is 22.4 Å². The van der Waals surface area contributed by atoms with Gasteiger partial charge in [-0.05, 0) is 48.7 Å². The van der Waals surface area contributed by atoms with E-state index in [1.165, 1.54) is 11.1 Å². The fourth-order valence-corrected chi connectivity index (χ4v) is 2.02. The number of aromatic nitrogens is 1. The van der Waals surface area contributed by atoms with E-state index in [0.717, 1.165) is 31.0 Å². The molecule has 0 atom stereocenters. The highest BCUT2D eigenvalue weighted by Crippen LogP contribution is 2.11. The molecule has 1 heterocycles. The molecule has 0 spiro atoms. The first-order chi connectivity index (χ1) is 8.34. The summed E-state index contributed by atoms with van der Waals surface area (Å²) in [4.78, 5) is 3.05. The summed E-state index contributed by atoms with van der Waals surface area (Å²) in [5.41, 5.74) is 2.61. The number of rotatable bonds is 6. The van der Waals surface area contributed by atoms with E-state index in [-0.39, 0.29) is 0 Å². The largest absolute Gasteiger partial charge is 0.367 e. The normalized spacial score (nSPS) is 10.6. The highest BCUT2D eigenvalue weighted by molar-refractivity contribution is 6.30. The number of aryl methyl sites for hydroxylation is 1. The molecule has 2 rings (SSSR count). The van der Waals surface area contributed by atoms with Gasteiger partial charge >= 0.3 is 0 Å². The van der Waals surface area contributed by atoms with Gasteiger partial charge in [-0.3, -0.25) is 0 Å². The average Bonchev–Trinajstić information content (AvgIpc) is 2.82. The molecule has 0 unspecified atom stereocenters. The molecule has 0 bridgehead atoms. The Morgan fingerprint density at radius 3 is 2.88 bits per heavy atom. The van der Waals surface area contributed by atoms with E-state index in [1.54, 1.807) is 0 Å². The quantitative estimate of drug-likeness (QED) is 0.754. The average molecular weight is 249 g/mol. The van der Waals surface area contributed by atoms with Crippen molar-refractivity contribution in [1.82, 2.24) is 10.3 Å². The molecule has 17 heavy (non-hydrogen) atoms. The van der Waals surface area contributed by atoms with Crippen LogP contribution in [0.2, 0.25) is 5.02 Å². The first kappa shape index (κ1) is 12.2. The van der Waals surface area contributed by atoms with Crippen LogP contribution in [0.1, 0.15) is 17.5 Å². The van der Waals surface area contributed by atoms with Gasteiger partial charge in [-0.15, -0.1) is 0 Å². The highest BCUT2D eigenvalue weighted by atomic mass is 35.5. The predicted octanol–water partition coefficient (Wildman–Crippen LogP) is 3.39. The van der Waals surface area contributed by atoms with E-state index in [0.29, 0.717) is 0 Å². The summed E-state index contributed by atoms with van der Waals surface area (Å²) in [5, 5.41) is 4.24. The number of H-pyrrole nitrogens is 1. The summed E-state index contributed by atoms with van der Waals surface area (Å²) in [6.07, 6.45) is 6.17. The fourth-order valence-electron chi connectivity index (χ4n) is 1.81. The molecule has 0 aliphatic rings. The van der Waals surface area contributed by atoms with Gasteiger partial charge in [0, 0.05) is 24.0 Å². The minimum absolute atomic E-state index is 0.822. The Bertz CT molecular complexity index is 437. The fraction of sp³-hybridized carbons (Fsp3) is 0.286. The molecule has 0 saturated heterocycles. The highest BCUT2D eigenvalue weighted by Gasteiger charge is 1.95. The van der Waals surface area contributed by atoms with Crippen LogP contribution in [0.25, 0.3) is 0 Å². The summed E-state index contributed by atoms with van der Waals surface area (Å²) in [5.74, 6) is 0. The standard InChI is InChI=1S/C14H17ClN2/c15-14-5-1-3-12(9-14)4-2-7-16-10-13-6-8-17-11-13/h1,3,5-6,8-9,11,16-17H,2,4,7,10H2. The van der Waals surface area contributed by atoms with Gasteiger partial charge in [0.2, 0.25) is 0 Å². The van der Waals surface area contributed by atoms with E-state index in [4.69, 9.17) is 11.6 Å². The molecule has 1 aromatic carbocycles. The van der Waals surface area contributed by atoms with Gasteiger partial charge in [0.15, 0.2) is 0 Å². The van der Waals surface area contributed by atoms with E-state index < -0.39 is 0 Å². The minimum atomic E-state index is 0.822. The number of aromatic amines is 1. The zero-order valence-electron chi connectivity index (χ0n) is 9.75. The second-order valence-electron chi connectivity index (χ2n) is 4.13. The maximum absolute atomic E-state index is 5.93. The topological polar surface area (TPSA) is 27.8 Å². The molecule has 0 aliphatic carbocycles. The van der Waals surface area contributed by atoms with Gasteiger partial charge in [-0.2, -0.15) is 0 Å². The third-order valence-electron chi connectivity index (χ3n) is 2.70. The van der Waals surface area contributed by atoms with Crippen LogP contribution >= 0.6 is 11.6 Å². The van der Waals surface area contributed by atoms with Crippen molar-refractivity contribution in [2.45, 2.75) is 19.4 Å². The first-order valence-corrected chi connectivity index (χ1v) is 6.29. The van der Waals surface area contributed by atoms with Crippen molar-refractivity contribution < 1.29 is 0 Å². The van der Waals surface area contributed by atoms with Gasteiger partial charge in [0.05, 0.1) is 0 Å². The van der Waals surface area contributed by atoms with Gasteiger partial charge < -0.3 is 10.3 Å². The molecule has 2 N–H and O–H groups in total. The third kappa shape index (κ3) is 4.25. The molecule has 3 heteroatoms. The van der Waals surface area contributed by atoms with E-state index >= 15 is 0 Å². The Labute approximate surface area is 107 Å². The van der Waals surface area contributed by atoms with Crippen LogP contribution in [-0.4, -0.2) is 11.5 Å². The Morgan fingerprint density at radius 1 is 1.18 bits per heavy atom. The van der Waals surface area contributed by atoms with Crippen LogP contribution < -0.4 is 5.32 Å². The van der Waals surface area contributed by atoms with Crippen molar-refractivity contribution in [3.8, 4) is 0 Å². The summed E-state index contributed by atoms with van der Waals surface area (Å²) < 4.78 is 0. The second-order valence-corrected chi connectivity index (χ2v) is 4.57. The van der Waals surface area contributed by atoms with Gasteiger partial charge in [-0.25, -0.2) is 0 Å². The third-order valence-corrected chi connectivity index (χ3v) is 2.93. The van der Waals surface area contributed by atoms with Crippen molar-refractivity contribution in [3.05, 3.63) is 58.9 Å². The lowest BCUT2D eigenvalue weighted by atomic mass is 10.1. The lowest BCUT2D eigenvalue weighted by Gasteiger charge is -2.04. The number of benzene rings is 1. The summed E-state index contributed by atoms with van der Waals surface area (Å²) in [7, 11) is 0. The zero-order valence-corrected chi connectivity index (χ0v) is 10.5. The molecule has 1 aromatic heterocycles. The smallest absolute Gasteiger partial charge is 0.0408 e. The number of hydrogen-bond donors (Lipinski definition) is 2. The molecule has 0 radical (unpaired) electrons. The molecule has 0 saturated carbocycles. The molecule has 90 valence electrons. The van der Waals surface area contributed by atoms with Crippen molar-refractivity contribution in [2.75, 3.05) is 6.54 Å². The Hall–Kier alpha value is -1.25. The Kier molecular flexibility index (Phi) is 4.65. The maximum atomic E-state index is 5.93. The number of hydrogen-bond acceptors (Lipinski definition) is 1. The van der Waals surface area contributed by atoms with Crippen molar-refractivity contribution in [2.24, 2.45) is 0 Å². The van der Waals surface area contributed by atoms with Crippen LogP contribution in [0.3, 0.4) is 0 Å². The SMILES string of the molecule is Clc1cccc(CCCNCc2cc[nH]c2)c1. The van der Waals surface area contributed by atoms with Crippen LogP contribution in [-0.2, 0) is 13.0 Å². The molecule has 2 aromatic rings.